The Balaban J connectivity index is 1.95. The molecule has 0 bridgehead atoms. The SMILES string of the molecule is CC(Cl)c1nc2cccnc2n1CCc1cccnc1. The first kappa shape index (κ1) is 13.1. The van der Waals surface area contributed by atoms with E-state index in [9.17, 15) is 0 Å². The molecule has 0 saturated heterocycles. The van der Waals surface area contributed by atoms with Crippen molar-refractivity contribution in [2.75, 3.05) is 0 Å². The Morgan fingerprint density at radius 2 is 2.10 bits per heavy atom. The highest BCUT2D eigenvalue weighted by Crippen LogP contribution is 2.23. The molecule has 3 rings (SSSR count). The van der Waals surface area contributed by atoms with E-state index in [1.165, 1.54) is 5.56 Å². The minimum atomic E-state index is -0.141. The first-order chi connectivity index (χ1) is 9.75. The van der Waals surface area contributed by atoms with Gasteiger partial charge in [0.05, 0.1) is 5.38 Å². The Kier molecular flexibility index (Phi) is 3.65. The smallest absolute Gasteiger partial charge is 0.160 e. The zero-order valence-corrected chi connectivity index (χ0v) is 12.0. The van der Waals surface area contributed by atoms with Gasteiger partial charge in [-0.2, -0.15) is 0 Å². The Bertz CT molecular complexity index is 706. The van der Waals surface area contributed by atoms with Crippen LogP contribution in [0.5, 0.6) is 0 Å². The van der Waals surface area contributed by atoms with Crippen molar-refractivity contribution < 1.29 is 0 Å². The second-order valence-corrected chi connectivity index (χ2v) is 5.35. The summed E-state index contributed by atoms with van der Waals surface area (Å²) < 4.78 is 2.10. The molecule has 0 aliphatic rings. The number of fused-ring (bicyclic) bond motifs is 1. The van der Waals surface area contributed by atoms with Crippen LogP contribution in [0.2, 0.25) is 0 Å². The van der Waals surface area contributed by atoms with Gasteiger partial charge in [-0.05, 0) is 37.1 Å². The lowest BCUT2D eigenvalue weighted by atomic mass is 10.2. The molecule has 102 valence electrons. The Morgan fingerprint density at radius 1 is 1.25 bits per heavy atom. The lowest BCUT2D eigenvalue weighted by Gasteiger charge is -2.09. The number of alkyl halides is 1. The molecule has 3 heterocycles. The quantitative estimate of drug-likeness (QED) is 0.691. The molecular weight excluding hydrogens is 272 g/mol. The fourth-order valence-electron chi connectivity index (χ4n) is 2.29. The predicted octanol–water partition coefficient (Wildman–Crippen LogP) is 3.37. The van der Waals surface area contributed by atoms with Gasteiger partial charge in [-0.1, -0.05) is 6.07 Å². The molecule has 0 spiro atoms. The van der Waals surface area contributed by atoms with Gasteiger partial charge in [-0.3, -0.25) is 4.98 Å². The second kappa shape index (κ2) is 5.59. The van der Waals surface area contributed by atoms with Crippen molar-refractivity contribution in [2.45, 2.75) is 25.3 Å². The van der Waals surface area contributed by atoms with E-state index in [0.717, 1.165) is 30.0 Å². The van der Waals surface area contributed by atoms with Gasteiger partial charge >= 0.3 is 0 Å². The van der Waals surface area contributed by atoms with Gasteiger partial charge in [0.1, 0.15) is 11.3 Å². The molecule has 0 radical (unpaired) electrons. The van der Waals surface area contributed by atoms with Crippen molar-refractivity contribution >= 4 is 22.8 Å². The summed E-state index contributed by atoms with van der Waals surface area (Å²) in [6, 6.07) is 7.88. The minimum Gasteiger partial charge on any atom is -0.311 e. The summed E-state index contributed by atoms with van der Waals surface area (Å²) in [4.78, 5) is 13.1. The number of imidazole rings is 1. The van der Waals surface area contributed by atoms with Crippen molar-refractivity contribution in [3.05, 3.63) is 54.2 Å². The van der Waals surface area contributed by atoms with Crippen LogP contribution < -0.4 is 0 Å². The zero-order valence-electron chi connectivity index (χ0n) is 11.2. The molecule has 0 aliphatic carbocycles. The van der Waals surface area contributed by atoms with Gasteiger partial charge in [0.15, 0.2) is 5.65 Å². The number of aryl methyl sites for hydroxylation is 2. The molecule has 1 unspecified atom stereocenters. The van der Waals surface area contributed by atoms with Crippen LogP contribution in [0.25, 0.3) is 11.2 Å². The van der Waals surface area contributed by atoms with Crippen LogP contribution in [0.15, 0.2) is 42.9 Å². The predicted molar refractivity (Wildman–Crippen MR) is 79.7 cm³/mol. The highest BCUT2D eigenvalue weighted by molar-refractivity contribution is 6.20. The van der Waals surface area contributed by atoms with Crippen LogP contribution in [0.4, 0.5) is 0 Å². The third-order valence-corrected chi connectivity index (χ3v) is 3.43. The van der Waals surface area contributed by atoms with Crippen LogP contribution in [0.3, 0.4) is 0 Å². The number of nitrogens with zero attached hydrogens (tertiary/aromatic N) is 4. The van der Waals surface area contributed by atoms with Gasteiger partial charge < -0.3 is 4.57 Å². The van der Waals surface area contributed by atoms with E-state index in [2.05, 4.69) is 25.6 Å². The lowest BCUT2D eigenvalue weighted by Crippen LogP contribution is -2.07. The minimum absolute atomic E-state index is 0.141. The van der Waals surface area contributed by atoms with E-state index in [1.54, 1.807) is 12.4 Å². The number of rotatable bonds is 4. The molecule has 0 aliphatic heterocycles. The summed E-state index contributed by atoms with van der Waals surface area (Å²) in [7, 11) is 0. The van der Waals surface area contributed by atoms with E-state index < -0.39 is 0 Å². The molecule has 0 fully saturated rings. The van der Waals surface area contributed by atoms with Gasteiger partial charge in [-0.15, -0.1) is 11.6 Å². The second-order valence-electron chi connectivity index (χ2n) is 4.70. The van der Waals surface area contributed by atoms with Crippen molar-refractivity contribution in [1.82, 2.24) is 19.5 Å². The lowest BCUT2D eigenvalue weighted by molar-refractivity contribution is 0.662. The maximum Gasteiger partial charge on any atom is 0.160 e. The molecule has 3 aromatic rings. The average Bonchev–Trinajstić information content (AvgIpc) is 2.85. The average molecular weight is 287 g/mol. The van der Waals surface area contributed by atoms with E-state index in [-0.39, 0.29) is 5.38 Å². The molecule has 4 nitrogen and oxygen atoms in total. The van der Waals surface area contributed by atoms with Gasteiger partial charge in [0.25, 0.3) is 0 Å². The standard InChI is InChI=1S/C15H15ClN4/c1-11(16)14-19-13-5-3-8-18-15(13)20(14)9-6-12-4-2-7-17-10-12/h2-5,7-8,10-11H,6,9H2,1H3. The summed E-state index contributed by atoms with van der Waals surface area (Å²) in [6.45, 7) is 2.73. The largest absolute Gasteiger partial charge is 0.311 e. The molecule has 0 aromatic carbocycles. The number of pyridine rings is 2. The number of hydrogen-bond acceptors (Lipinski definition) is 3. The van der Waals surface area contributed by atoms with Crippen molar-refractivity contribution in [3.8, 4) is 0 Å². The molecule has 3 aromatic heterocycles. The normalized spacial score (nSPS) is 12.7. The highest BCUT2D eigenvalue weighted by atomic mass is 35.5. The van der Waals surface area contributed by atoms with Crippen molar-refractivity contribution in [1.29, 1.82) is 0 Å². The third-order valence-electron chi connectivity index (χ3n) is 3.24. The fraction of sp³-hybridized carbons (Fsp3) is 0.267. The summed E-state index contributed by atoms with van der Waals surface area (Å²) in [5, 5.41) is -0.141. The molecule has 0 N–H and O–H groups in total. The van der Waals surface area contributed by atoms with Gasteiger partial charge in [0.2, 0.25) is 0 Å². The fourth-order valence-corrected chi connectivity index (χ4v) is 2.45. The van der Waals surface area contributed by atoms with Crippen LogP contribution in [-0.2, 0) is 13.0 Å². The Hall–Kier alpha value is -1.94. The third kappa shape index (κ3) is 2.51. The topological polar surface area (TPSA) is 43.6 Å². The molecule has 5 heteroatoms. The van der Waals surface area contributed by atoms with Crippen LogP contribution >= 0.6 is 11.6 Å². The summed E-state index contributed by atoms with van der Waals surface area (Å²) >= 11 is 6.24. The summed E-state index contributed by atoms with van der Waals surface area (Å²) in [5.74, 6) is 0.865. The van der Waals surface area contributed by atoms with Crippen LogP contribution in [0, 0.1) is 0 Å². The highest BCUT2D eigenvalue weighted by Gasteiger charge is 2.15. The van der Waals surface area contributed by atoms with E-state index in [4.69, 9.17) is 11.6 Å². The summed E-state index contributed by atoms with van der Waals surface area (Å²) in [5.41, 5.74) is 2.97. The number of halogens is 1. The Morgan fingerprint density at radius 3 is 2.85 bits per heavy atom. The van der Waals surface area contributed by atoms with E-state index in [1.807, 2.05) is 31.3 Å². The Labute approximate surface area is 122 Å². The van der Waals surface area contributed by atoms with Crippen LogP contribution in [-0.4, -0.2) is 19.5 Å². The number of hydrogen-bond donors (Lipinski definition) is 0. The van der Waals surface area contributed by atoms with Crippen molar-refractivity contribution in [2.24, 2.45) is 0 Å². The zero-order chi connectivity index (χ0) is 13.9. The molecule has 1 atom stereocenters. The van der Waals surface area contributed by atoms with Crippen LogP contribution in [0.1, 0.15) is 23.7 Å². The van der Waals surface area contributed by atoms with Crippen molar-refractivity contribution in [3.63, 3.8) is 0 Å². The van der Waals surface area contributed by atoms with Gasteiger partial charge in [0, 0.05) is 25.1 Å². The summed E-state index contributed by atoms with van der Waals surface area (Å²) in [6.07, 6.45) is 6.33. The molecule has 20 heavy (non-hydrogen) atoms. The van der Waals surface area contributed by atoms with Gasteiger partial charge in [-0.25, -0.2) is 9.97 Å². The van der Waals surface area contributed by atoms with E-state index in [0.29, 0.717) is 0 Å². The molecular formula is C15H15ClN4. The molecule has 0 amide bonds. The van der Waals surface area contributed by atoms with E-state index >= 15 is 0 Å². The maximum atomic E-state index is 6.24. The first-order valence-electron chi connectivity index (χ1n) is 6.60. The number of aromatic nitrogens is 4. The monoisotopic (exact) mass is 286 g/mol. The first-order valence-corrected chi connectivity index (χ1v) is 7.03. The maximum absolute atomic E-state index is 6.24. The molecule has 0 saturated carbocycles.